The van der Waals surface area contributed by atoms with Crippen LogP contribution in [0.25, 0.3) is 0 Å². The first-order chi connectivity index (χ1) is 9.92. The van der Waals surface area contributed by atoms with Crippen molar-refractivity contribution in [2.24, 2.45) is 5.73 Å². The second kappa shape index (κ2) is 10.3. The quantitative estimate of drug-likeness (QED) is 0.797. The van der Waals surface area contributed by atoms with E-state index >= 15 is 0 Å². The predicted molar refractivity (Wildman–Crippen MR) is 94.0 cm³/mol. The van der Waals surface area contributed by atoms with Gasteiger partial charge in [0.15, 0.2) is 0 Å². The van der Waals surface area contributed by atoms with E-state index in [1.54, 1.807) is 17.0 Å². The maximum atomic E-state index is 12.5. The zero-order valence-corrected chi connectivity index (χ0v) is 15.3. The second-order valence-corrected chi connectivity index (χ2v) is 5.76. The molecule has 0 saturated carbocycles. The molecule has 4 nitrogen and oxygen atoms in total. The first-order valence-electron chi connectivity index (χ1n) is 6.92. The minimum absolute atomic E-state index is 0. The molecule has 0 heterocycles. The third kappa shape index (κ3) is 5.60. The minimum atomic E-state index is -0.660. The Labute approximate surface area is 148 Å². The van der Waals surface area contributed by atoms with Crippen molar-refractivity contribution in [2.45, 2.75) is 32.4 Å². The minimum Gasteiger partial charge on any atom is -0.383 e. The number of benzene rings is 1. The Morgan fingerprint density at radius 2 is 2.00 bits per heavy atom. The third-order valence-corrected chi connectivity index (χ3v) is 4.04. The van der Waals surface area contributed by atoms with E-state index in [-0.39, 0.29) is 31.0 Å². The van der Waals surface area contributed by atoms with Crippen LogP contribution in [0.2, 0.25) is 10.0 Å². The van der Waals surface area contributed by atoms with Crippen LogP contribution < -0.4 is 5.73 Å². The van der Waals surface area contributed by atoms with Crippen molar-refractivity contribution in [3.8, 4) is 0 Å². The molecule has 0 aliphatic rings. The van der Waals surface area contributed by atoms with Gasteiger partial charge in [-0.05, 0) is 31.0 Å². The largest absolute Gasteiger partial charge is 0.383 e. The van der Waals surface area contributed by atoms with E-state index in [1.807, 2.05) is 19.9 Å². The molecule has 0 bridgehead atoms. The van der Waals surface area contributed by atoms with E-state index in [2.05, 4.69) is 0 Å². The Bertz CT molecular complexity index is 486. The number of hydrogen-bond donors (Lipinski definition) is 1. The van der Waals surface area contributed by atoms with Gasteiger partial charge in [-0.25, -0.2) is 0 Å². The SMILES string of the molecule is CCCN(C(=O)C(N)COC)C(C)c1ccc(Cl)c(Cl)c1.Cl. The fourth-order valence-corrected chi connectivity index (χ4v) is 2.46. The summed E-state index contributed by atoms with van der Waals surface area (Å²) in [5.74, 6) is -0.128. The van der Waals surface area contributed by atoms with Crippen LogP contribution in [-0.2, 0) is 9.53 Å². The molecule has 0 saturated heterocycles. The van der Waals surface area contributed by atoms with E-state index in [4.69, 9.17) is 33.7 Å². The van der Waals surface area contributed by atoms with Gasteiger partial charge >= 0.3 is 0 Å². The van der Waals surface area contributed by atoms with Crippen molar-refractivity contribution in [3.63, 3.8) is 0 Å². The summed E-state index contributed by atoms with van der Waals surface area (Å²) in [7, 11) is 1.53. The molecule has 2 N–H and O–H groups in total. The molecule has 0 fully saturated rings. The Balaban J connectivity index is 0.00000441. The third-order valence-electron chi connectivity index (χ3n) is 3.30. The zero-order valence-electron chi connectivity index (χ0n) is 13.0. The highest BCUT2D eigenvalue weighted by Gasteiger charge is 2.25. The fourth-order valence-electron chi connectivity index (χ4n) is 2.15. The van der Waals surface area contributed by atoms with Crippen LogP contribution in [0.1, 0.15) is 31.9 Å². The van der Waals surface area contributed by atoms with Crippen molar-refractivity contribution < 1.29 is 9.53 Å². The maximum Gasteiger partial charge on any atom is 0.242 e. The molecule has 7 heteroatoms. The van der Waals surface area contributed by atoms with E-state index in [1.165, 1.54) is 7.11 Å². The van der Waals surface area contributed by atoms with Crippen LogP contribution in [0.5, 0.6) is 0 Å². The van der Waals surface area contributed by atoms with Crippen LogP contribution in [0, 0.1) is 0 Å². The molecular weight excluding hydrogens is 347 g/mol. The highest BCUT2D eigenvalue weighted by molar-refractivity contribution is 6.42. The second-order valence-electron chi connectivity index (χ2n) is 4.94. The number of methoxy groups -OCH3 is 1. The Morgan fingerprint density at radius 3 is 2.50 bits per heavy atom. The molecule has 1 aromatic rings. The number of halogens is 3. The summed E-state index contributed by atoms with van der Waals surface area (Å²) in [6.45, 7) is 4.79. The van der Waals surface area contributed by atoms with Crippen LogP contribution in [0.15, 0.2) is 18.2 Å². The first kappa shape index (κ1) is 21.5. The number of ether oxygens (including phenoxy) is 1. The topological polar surface area (TPSA) is 55.6 Å². The number of hydrogen-bond acceptors (Lipinski definition) is 3. The van der Waals surface area contributed by atoms with Gasteiger partial charge in [-0.2, -0.15) is 0 Å². The standard InChI is InChI=1S/C15H22Cl2N2O2.ClH/c1-4-7-19(15(20)14(18)9-21-3)10(2)11-5-6-12(16)13(17)8-11;/h5-6,8,10,14H,4,7,9,18H2,1-3H3;1H. The Hall–Kier alpha value is -0.520. The van der Waals surface area contributed by atoms with Gasteiger partial charge < -0.3 is 15.4 Å². The van der Waals surface area contributed by atoms with Gasteiger partial charge in [-0.1, -0.05) is 36.2 Å². The molecule has 0 aromatic heterocycles. The molecule has 2 atom stereocenters. The normalized spacial score (nSPS) is 13.2. The molecule has 2 unspecified atom stereocenters. The lowest BCUT2D eigenvalue weighted by Gasteiger charge is -2.31. The molecule has 1 rings (SSSR count). The molecule has 126 valence electrons. The molecule has 0 spiro atoms. The number of carbonyl (C=O) groups is 1. The molecule has 1 aromatic carbocycles. The summed E-state index contributed by atoms with van der Waals surface area (Å²) in [6.07, 6.45) is 0.844. The number of rotatable bonds is 7. The molecule has 22 heavy (non-hydrogen) atoms. The molecular formula is C15H23Cl3N2O2. The van der Waals surface area contributed by atoms with Gasteiger partial charge in [0.1, 0.15) is 6.04 Å². The zero-order chi connectivity index (χ0) is 16.0. The molecule has 1 amide bonds. The summed E-state index contributed by atoms with van der Waals surface area (Å²) in [6, 6.07) is 4.60. The van der Waals surface area contributed by atoms with Crippen molar-refractivity contribution in [3.05, 3.63) is 33.8 Å². The van der Waals surface area contributed by atoms with Crippen LogP contribution >= 0.6 is 35.6 Å². The summed E-state index contributed by atoms with van der Waals surface area (Å²) < 4.78 is 4.96. The average molecular weight is 370 g/mol. The van der Waals surface area contributed by atoms with Crippen molar-refractivity contribution in [1.29, 1.82) is 0 Å². The van der Waals surface area contributed by atoms with Crippen LogP contribution in [0.3, 0.4) is 0 Å². The Morgan fingerprint density at radius 1 is 1.36 bits per heavy atom. The van der Waals surface area contributed by atoms with E-state index in [0.29, 0.717) is 16.6 Å². The lowest BCUT2D eigenvalue weighted by Crippen LogP contribution is -2.47. The maximum absolute atomic E-state index is 12.5. The lowest BCUT2D eigenvalue weighted by molar-refractivity contribution is -0.136. The average Bonchev–Trinajstić information content (AvgIpc) is 2.46. The van der Waals surface area contributed by atoms with Gasteiger partial charge in [-0.15, -0.1) is 12.4 Å². The molecule has 0 aliphatic carbocycles. The highest BCUT2D eigenvalue weighted by Crippen LogP contribution is 2.28. The van der Waals surface area contributed by atoms with E-state index in [9.17, 15) is 4.79 Å². The number of amides is 1. The highest BCUT2D eigenvalue weighted by atomic mass is 35.5. The summed E-state index contributed by atoms with van der Waals surface area (Å²) in [5.41, 5.74) is 6.79. The first-order valence-corrected chi connectivity index (χ1v) is 7.67. The van der Waals surface area contributed by atoms with Crippen molar-refractivity contribution in [1.82, 2.24) is 4.90 Å². The number of nitrogens with zero attached hydrogens (tertiary/aromatic N) is 1. The van der Waals surface area contributed by atoms with Gasteiger partial charge in [0.25, 0.3) is 0 Å². The fraction of sp³-hybridized carbons (Fsp3) is 0.533. The predicted octanol–water partition coefficient (Wildman–Crippen LogP) is 3.69. The summed E-state index contributed by atoms with van der Waals surface area (Å²) >= 11 is 12.0. The summed E-state index contributed by atoms with van der Waals surface area (Å²) in [4.78, 5) is 14.2. The lowest BCUT2D eigenvalue weighted by atomic mass is 10.1. The van der Waals surface area contributed by atoms with Gasteiger partial charge in [0.05, 0.1) is 22.7 Å². The van der Waals surface area contributed by atoms with Crippen LogP contribution in [-0.4, -0.2) is 37.1 Å². The summed E-state index contributed by atoms with van der Waals surface area (Å²) in [5, 5.41) is 0.975. The van der Waals surface area contributed by atoms with Crippen LogP contribution in [0.4, 0.5) is 0 Å². The van der Waals surface area contributed by atoms with Crippen molar-refractivity contribution in [2.75, 3.05) is 20.3 Å². The number of nitrogens with two attached hydrogens (primary N) is 1. The van der Waals surface area contributed by atoms with Gasteiger partial charge in [0.2, 0.25) is 5.91 Å². The van der Waals surface area contributed by atoms with Gasteiger partial charge in [0, 0.05) is 13.7 Å². The monoisotopic (exact) mass is 368 g/mol. The smallest absolute Gasteiger partial charge is 0.242 e. The molecule has 0 aliphatic heterocycles. The van der Waals surface area contributed by atoms with E-state index < -0.39 is 6.04 Å². The van der Waals surface area contributed by atoms with E-state index in [0.717, 1.165) is 12.0 Å². The number of carbonyl (C=O) groups excluding carboxylic acids is 1. The Kier molecular flexibility index (Phi) is 10.0. The van der Waals surface area contributed by atoms with Crippen molar-refractivity contribution >= 4 is 41.5 Å². The molecule has 0 radical (unpaired) electrons. The van der Waals surface area contributed by atoms with Gasteiger partial charge in [-0.3, -0.25) is 4.79 Å².